The van der Waals surface area contributed by atoms with Crippen molar-refractivity contribution in [2.45, 2.75) is 187 Å². The van der Waals surface area contributed by atoms with E-state index in [4.69, 9.17) is 9.47 Å². The summed E-state index contributed by atoms with van der Waals surface area (Å²) < 4.78 is 10.7. The van der Waals surface area contributed by atoms with Crippen LogP contribution in [-0.2, 0) is 31.2 Å². The standard InChI is InChI=1S/C17H25NO3.C13H17NO.2C13H16.C11H19NO3/c1-16(2,3)21-15(19)18-12-7-10-17(20,11-13-18)14-8-5-4-6-9-14;15-13-7-4-9-14(10-8-13)11-12-5-2-1-3-6-12;2*1-2-5-9-12(8-4-1)13-10-6-3-7-11-13;1-11(2,3)15-10(14)12-7-4-5-9(13)6-8-12/h4-6,8-9,20H,7,10-13H2,1-3H3;1-3,5-6H,4,7-11H2;2*3,6-8,10-11H,1-2,4-5,9H2;4-8H2,1-3H3. The number of Topliss-reactive ketones (excluding diaryl/α,β-unsaturated/α-hetero) is 2. The van der Waals surface area contributed by atoms with Crippen LogP contribution in [0.1, 0.15) is 186 Å². The Morgan fingerprint density at radius 3 is 1.42 bits per heavy atom. The lowest BCUT2D eigenvalue weighted by Gasteiger charge is -2.28. The maximum atomic E-state index is 12.1. The molecule has 10 heteroatoms. The van der Waals surface area contributed by atoms with E-state index in [1.165, 1.54) is 80.9 Å². The molecular formula is C67H93N3O7. The third-order valence-corrected chi connectivity index (χ3v) is 14.2. The summed E-state index contributed by atoms with van der Waals surface area (Å²) in [6.07, 6.45) is 23.8. The van der Waals surface area contributed by atoms with Crippen LogP contribution in [-0.4, -0.2) is 94.0 Å². The summed E-state index contributed by atoms with van der Waals surface area (Å²) in [5.74, 6) is 0.659. The third-order valence-electron chi connectivity index (χ3n) is 14.2. The van der Waals surface area contributed by atoms with Crippen molar-refractivity contribution in [2.75, 3.05) is 39.3 Å². The van der Waals surface area contributed by atoms with Gasteiger partial charge in [-0.25, -0.2) is 9.59 Å². The van der Waals surface area contributed by atoms with E-state index in [1.54, 1.807) is 20.9 Å². The summed E-state index contributed by atoms with van der Waals surface area (Å²) in [6, 6.07) is 41.7. The van der Waals surface area contributed by atoms with Gasteiger partial charge in [-0.15, -0.1) is 0 Å². The first-order valence-corrected chi connectivity index (χ1v) is 29.0. The van der Waals surface area contributed by atoms with Crippen LogP contribution < -0.4 is 0 Å². The molecule has 2 aliphatic carbocycles. The molecule has 1 N–H and O–H groups in total. The lowest BCUT2D eigenvalue weighted by molar-refractivity contribution is -0.119. The minimum absolute atomic E-state index is 0.237. The van der Waals surface area contributed by atoms with Crippen molar-refractivity contribution in [1.29, 1.82) is 0 Å². The number of hydrogen-bond donors (Lipinski definition) is 1. The molecule has 77 heavy (non-hydrogen) atoms. The molecule has 2 amide bonds. The van der Waals surface area contributed by atoms with E-state index in [9.17, 15) is 24.3 Å². The van der Waals surface area contributed by atoms with Crippen molar-refractivity contribution < 1.29 is 33.8 Å². The molecule has 3 fully saturated rings. The smallest absolute Gasteiger partial charge is 0.410 e. The molecule has 9 rings (SSSR count). The minimum Gasteiger partial charge on any atom is -0.444 e. The maximum absolute atomic E-state index is 12.1. The molecule has 5 aliphatic rings. The fourth-order valence-electron chi connectivity index (χ4n) is 10.0. The Morgan fingerprint density at radius 1 is 0.468 bits per heavy atom. The average Bonchev–Trinajstić information content (AvgIpc) is 4.07. The highest BCUT2D eigenvalue weighted by atomic mass is 16.6. The first-order chi connectivity index (χ1) is 37.0. The van der Waals surface area contributed by atoms with E-state index in [2.05, 4.69) is 102 Å². The van der Waals surface area contributed by atoms with Crippen molar-refractivity contribution in [3.8, 4) is 0 Å². The summed E-state index contributed by atoms with van der Waals surface area (Å²) in [7, 11) is 0. The van der Waals surface area contributed by atoms with Gasteiger partial charge in [0.05, 0.1) is 5.60 Å². The minimum atomic E-state index is -0.849. The van der Waals surface area contributed by atoms with Gasteiger partial charge in [0, 0.05) is 65.0 Å². The summed E-state index contributed by atoms with van der Waals surface area (Å²) >= 11 is 0. The number of ketones is 2. The first kappa shape index (κ1) is 62.0. The largest absolute Gasteiger partial charge is 0.444 e. The van der Waals surface area contributed by atoms with Crippen LogP contribution in [0.4, 0.5) is 9.59 Å². The Bertz CT molecular complexity index is 2350. The van der Waals surface area contributed by atoms with Gasteiger partial charge in [0.1, 0.15) is 22.8 Å². The molecule has 0 aromatic heterocycles. The van der Waals surface area contributed by atoms with Crippen LogP contribution in [0.25, 0.3) is 11.1 Å². The Labute approximate surface area is 463 Å². The predicted molar refractivity (Wildman–Crippen MR) is 314 cm³/mol. The topological polar surface area (TPSA) is 117 Å². The van der Waals surface area contributed by atoms with E-state index in [0.29, 0.717) is 57.6 Å². The zero-order valence-corrected chi connectivity index (χ0v) is 47.8. The molecule has 1 unspecified atom stereocenters. The highest BCUT2D eigenvalue weighted by Crippen LogP contribution is 2.33. The summed E-state index contributed by atoms with van der Waals surface area (Å²) in [6.45, 7) is 16.3. The number of allylic oxidation sites excluding steroid dienone is 4. The second-order valence-electron chi connectivity index (χ2n) is 23.1. The summed E-state index contributed by atoms with van der Waals surface area (Å²) in [4.78, 5) is 51.9. The molecule has 418 valence electrons. The Balaban J connectivity index is 0.000000180. The number of ether oxygens (including phenoxy) is 2. The number of amides is 2. The zero-order chi connectivity index (χ0) is 55.4. The highest BCUT2D eigenvalue weighted by molar-refractivity contribution is 5.80. The molecule has 4 aromatic rings. The highest BCUT2D eigenvalue weighted by Gasteiger charge is 2.34. The number of benzene rings is 4. The number of carbonyl (C=O) groups is 4. The van der Waals surface area contributed by atoms with E-state index >= 15 is 0 Å². The lowest BCUT2D eigenvalue weighted by atomic mass is 9.87. The van der Waals surface area contributed by atoms with Gasteiger partial charge in [0.2, 0.25) is 0 Å². The lowest BCUT2D eigenvalue weighted by Crippen LogP contribution is -2.38. The fraction of sp³-hybridized carbons (Fsp3) is 0.522. The van der Waals surface area contributed by atoms with Crippen LogP contribution in [0.3, 0.4) is 0 Å². The Kier molecular flexibility index (Phi) is 26.4. The van der Waals surface area contributed by atoms with Crippen LogP contribution >= 0.6 is 0 Å². The van der Waals surface area contributed by atoms with Gasteiger partial charge in [0.25, 0.3) is 0 Å². The van der Waals surface area contributed by atoms with Crippen molar-refractivity contribution in [2.24, 2.45) is 0 Å². The van der Waals surface area contributed by atoms with Gasteiger partial charge in [-0.3, -0.25) is 14.5 Å². The molecule has 10 nitrogen and oxygen atoms in total. The number of likely N-dealkylation sites (tertiary alicyclic amines) is 3. The fourth-order valence-corrected chi connectivity index (χ4v) is 10.0. The average molecular weight is 1050 g/mol. The zero-order valence-electron chi connectivity index (χ0n) is 47.8. The van der Waals surface area contributed by atoms with Gasteiger partial charge >= 0.3 is 12.2 Å². The van der Waals surface area contributed by atoms with Gasteiger partial charge in [-0.05, 0) is 165 Å². The molecule has 0 spiro atoms. The summed E-state index contributed by atoms with van der Waals surface area (Å²) in [5.41, 5.74) is 6.41. The van der Waals surface area contributed by atoms with Gasteiger partial charge < -0.3 is 24.4 Å². The molecule has 0 bridgehead atoms. The second-order valence-corrected chi connectivity index (χ2v) is 23.1. The third kappa shape index (κ3) is 24.6. The van der Waals surface area contributed by atoms with Gasteiger partial charge in [-0.2, -0.15) is 0 Å². The Morgan fingerprint density at radius 2 is 0.909 bits per heavy atom. The molecule has 3 saturated heterocycles. The molecular weight excluding hydrogens is 959 g/mol. The molecule has 3 aliphatic heterocycles. The number of carbonyl (C=O) groups excluding carboxylic acids is 4. The Hall–Kier alpha value is -5.84. The maximum Gasteiger partial charge on any atom is 0.410 e. The quantitative estimate of drug-likeness (QED) is 0.210. The van der Waals surface area contributed by atoms with E-state index in [0.717, 1.165) is 57.3 Å². The van der Waals surface area contributed by atoms with Crippen molar-refractivity contribution in [3.05, 3.63) is 156 Å². The van der Waals surface area contributed by atoms with Gasteiger partial charge in [-0.1, -0.05) is 146 Å². The van der Waals surface area contributed by atoms with Crippen molar-refractivity contribution in [1.82, 2.24) is 14.7 Å². The molecule has 4 aromatic carbocycles. The molecule has 1 atom stereocenters. The van der Waals surface area contributed by atoms with Crippen LogP contribution in [0.5, 0.6) is 0 Å². The first-order valence-electron chi connectivity index (χ1n) is 29.0. The normalized spacial score (nSPS) is 19.7. The van der Waals surface area contributed by atoms with E-state index in [1.807, 2.05) is 77.9 Å². The van der Waals surface area contributed by atoms with Gasteiger partial charge in [0.15, 0.2) is 0 Å². The molecule has 0 radical (unpaired) electrons. The number of rotatable bonds is 5. The number of hydrogen-bond acceptors (Lipinski definition) is 8. The van der Waals surface area contributed by atoms with E-state index < -0.39 is 16.8 Å². The van der Waals surface area contributed by atoms with Crippen molar-refractivity contribution in [3.63, 3.8) is 0 Å². The monoisotopic (exact) mass is 1050 g/mol. The summed E-state index contributed by atoms with van der Waals surface area (Å²) in [5, 5.41) is 10.9. The molecule has 0 saturated carbocycles. The van der Waals surface area contributed by atoms with Crippen LogP contribution in [0.15, 0.2) is 133 Å². The van der Waals surface area contributed by atoms with Crippen LogP contribution in [0.2, 0.25) is 0 Å². The number of aliphatic hydroxyl groups is 1. The number of nitrogens with zero attached hydrogens (tertiary/aromatic N) is 3. The second kappa shape index (κ2) is 32.8. The predicted octanol–water partition coefficient (Wildman–Crippen LogP) is 15.6. The van der Waals surface area contributed by atoms with E-state index in [-0.39, 0.29) is 18.0 Å². The van der Waals surface area contributed by atoms with Crippen molar-refractivity contribution >= 4 is 34.9 Å². The molecule has 3 heterocycles. The SMILES string of the molecule is C1=C(c2ccccc2)CCCCC1.C1=C(c2ccccc2)CCCCC1.CC(C)(C)OC(=O)N1CCCC(=O)CC1.CC(C)(C)OC(=O)N1CCCC(O)(c2ccccc2)CC1.O=C1CCCN(Cc2ccccc2)CC1. The van der Waals surface area contributed by atoms with Crippen LogP contribution in [0, 0.1) is 0 Å².